The Labute approximate surface area is 250 Å². The summed E-state index contributed by atoms with van der Waals surface area (Å²) in [5.41, 5.74) is 6.96. The maximum absolute atomic E-state index is 11.7. The molecule has 1 aliphatic rings. The van der Waals surface area contributed by atoms with E-state index in [1.165, 1.54) is 0 Å². The Morgan fingerprint density at radius 1 is 0.905 bits per heavy atom. The van der Waals surface area contributed by atoms with Crippen LogP contribution in [0.25, 0.3) is 5.69 Å². The lowest BCUT2D eigenvalue weighted by molar-refractivity contribution is 0.0697. The summed E-state index contributed by atoms with van der Waals surface area (Å²) in [7, 11) is 0. The predicted octanol–water partition coefficient (Wildman–Crippen LogP) is 7.47. The number of para-hydroxylation sites is 1. The van der Waals surface area contributed by atoms with Crippen molar-refractivity contribution in [2.75, 3.05) is 4.90 Å². The lowest BCUT2D eigenvalue weighted by Gasteiger charge is -2.28. The summed E-state index contributed by atoms with van der Waals surface area (Å²) in [6, 6.07) is 30.5. The molecule has 7 nitrogen and oxygen atoms in total. The molecule has 1 saturated heterocycles. The molecule has 3 heterocycles. The van der Waals surface area contributed by atoms with E-state index in [1.807, 2.05) is 86.6 Å². The number of anilines is 1. The van der Waals surface area contributed by atoms with Crippen molar-refractivity contribution in [3.05, 3.63) is 137 Å². The first-order valence-corrected chi connectivity index (χ1v) is 14.1. The molecule has 0 saturated carbocycles. The van der Waals surface area contributed by atoms with Gasteiger partial charge in [-0.2, -0.15) is 0 Å². The summed E-state index contributed by atoms with van der Waals surface area (Å²) >= 11 is 5.94. The minimum atomic E-state index is -0.957. The highest BCUT2D eigenvalue weighted by Crippen LogP contribution is 2.44. The van der Waals surface area contributed by atoms with Crippen LogP contribution in [0.5, 0.6) is 11.5 Å². The molecule has 0 aliphatic carbocycles. The Morgan fingerprint density at radius 3 is 2.38 bits per heavy atom. The standard InChI is InChI=1S/C34H30N4O3S/c1-21-9-4-5-13-30(21)41-27-16-14-25(15-17-27)38-32(31(36-34(38)42)29-12-6-7-18-35-29)28-19-22(2)37(23(28)3)26-11-8-10-24(20-26)33(39)40/h4-20,31-32H,1-3H3,(H,36,42)(H,39,40). The second kappa shape index (κ2) is 11.1. The fraction of sp³-hybridized carbons (Fsp3) is 0.147. The van der Waals surface area contributed by atoms with Crippen molar-refractivity contribution >= 4 is 29.0 Å². The number of rotatable bonds is 7. The van der Waals surface area contributed by atoms with E-state index in [9.17, 15) is 9.90 Å². The van der Waals surface area contributed by atoms with Gasteiger partial charge in [0.25, 0.3) is 0 Å². The number of pyridine rings is 1. The first kappa shape index (κ1) is 27.2. The van der Waals surface area contributed by atoms with E-state index in [-0.39, 0.29) is 17.6 Å². The molecule has 2 unspecified atom stereocenters. The lowest BCUT2D eigenvalue weighted by Crippen LogP contribution is -2.29. The Morgan fingerprint density at radius 2 is 1.67 bits per heavy atom. The van der Waals surface area contributed by atoms with Gasteiger partial charge in [0.15, 0.2) is 5.11 Å². The van der Waals surface area contributed by atoms with Crippen LogP contribution in [0.2, 0.25) is 0 Å². The number of nitrogens with one attached hydrogen (secondary N) is 1. The maximum atomic E-state index is 11.7. The number of carboxylic acids is 1. The molecule has 0 spiro atoms. The van der Waals surface area contributed by atoms with Crippen LogP contribution < -0.4 is 15.0 Å². The number of carbonyl (C=O) groups is 1. The zero-order valence-corrected chi connectivity index (χ0v) is 24.3. The molecular formula is C34H30N4O3S. The van der Waals surface area contributed by atoms with Gasteiger partial charge in [-0.15, -0.1) is 0 Å². The molecule has 1 fully saturated rings. The van der Waals surface area contributed by atoms with Crippen LogP contribution in [0.4, 0.5) is 5.69 Å². The first-order valence-electron chi connectivity index (χ1n) is 13.7. The smallest absolute Gasteiger partial charge is 0.335 e. The van der Waals surface area contributed by atoms with Gasteiger partial charge in [-0.05, 0) is 111 Å². The zero-order chi connectivity index (χ0) is 29.4. The molecule has 6 rings (SSSR count). The van der Waals surface area contributed by atoms with Crippen molar-refractivity contribution in [3.8, 4) is 17.2 Å². The van der Waals surface area contributed by atoms with Crippen LogP contribution in [0.15, 0.2) is 103 Å². The summed E-state index contributed by atoms with van der Waals surface area (Å²) in [6.07, 6.45) is 1.79. The summed E-state index contributed by atoms with van der Waals surface area (Å²) in [5, 5.41) is 13.7. The molecule has 3 aromatic carbocycles. The zero-order valence-electron chi connectivity index (χ0n) is 23.5. The number of aromatic carboxylic acids is 1. The van der Waals surface area contributed by atoms with Gasteiger partial charge in [-0.25, -0.2) is 4.79 Å². The van der Waals surface area contributed by atoms with E-state index < -0.39 is 5.97 Å². The highest BCUT2D eigenvalue weighted by molar-refractivity contribution is 7.80. The summed E-state index contributed by atoms with van der Waals surface area (Å²) in [5.74, 6) is 0.595. The Balaban J connectivity index is 1.42. The molecule has 0 amide bonds. The molecule has 8 heteroatoms. The summed E-state index contributed by atoms with van der Waals surface area (Å²) in [4.78, 5) is 18.5. The van der Waals surface area contributed by atoms with Crippen LogP contribution in [-0.4, -0.2) is 25.7 Å². The number of hydrogen-bond donors (Lipinski definition) is 2. The Kier molecular flexibility index (Phi) is 7.22. The van der Waals surface area contributed by atoms with Crippen LogP contribution in [0, 0.1) is 20.8 Å². The normalized spacial score (nSPS) is 16.4. The summed E-state index contributed by atoms with van der Waals surface area (Å²) in [6.45, 7) is 6.11. The van der Waals surface area contributed by atoms with Crippen molar-refractivity contribution < 1.29 is 14.6 Å². The highest BCUT2D eigenvalue weighted by Gasteiger charge is 2.42. The number of aromatic nitrogens is 2. The van der Waals surface area contributed by atoms with E-state index in [0.717, 1.165) is 51.1 Å². The van der Waals surface area contributed by atoms with Gasteiger partial charge in [0.05, 0.1) is 23.3 Å². The van der Waals surface area contributed by atoms with Crippen molar-refractivity contribution in [2.45, 2.75) is 32.9 Å². The van der Waals surface area contributed by atoms with Crippen molar-refractivity contribution in [2.24, 2.45) is 0 Å². The number of benzene rings is 3. The number of thiocarbonyl (C=S) groups is 1. The third-order valence-electron chi connectivity index (χ3n) is 7.67. The van der Waals surface area contributed by atoms with Gasteiger partial charge < -0.3 is 24.6 Å². The third-order valence-corrected chi connectivity index (χ3v) is 7.99. The van der Waals surface area contributed by atoms with E-state index in [0.29, 0.717) is 5.11 Å². The average molecular weight is 575 g/mol. The number of carboxylic acid groups (broad SMARTS) is 1. The van der Waals surface area contributed by atoms with Gasteiger partial charge in [0.2, 0.25) is 0 Å². The van der Waals surface area contributed by atoms with E-state index in [4.69, 9.17) is 17.0 Å². The topological polar surface area (TPSA) is 79.6 Å². The van der Waals surface area contributed by atoms with Gasteiger partial charge >= 0.3 is 5.97 Å². The van der Waals surface area contributed by atoms with Crippen LogP contribution in [0.1, 0.15) is 50.7 Å². The molecule has 2 atom stereocenters. The van der Waals surface area contributed by atoms with Crippen LogP contribution in [-0.2, 0) is 0 Å². The third kappa shape index (κ3) is 5.01. The molecule has 2 aromatic heterocycles. The van der Waals surface area contributed by atoms with Gasteiger partial charge in [0.1, 0.15) is 11.5 Å². The van der Waals surface area contributed by atoms with Crippen LogP contribution >= 0.6 is 12.2 Å². The molecule has 0 bridgehead atoms. The number of ether oxygens (including phenoxy) is 1. The van der Waals surface area contributed by atoms with E-state index in [1.54, 1.807) is 24.4 Å². The molecule has 2 N–H and O–H groups in total. The molecule has 0 radical (unpaired) electrons. The molecule has 210 valence electrons. The number of nitrogens with zero attached hydrogens (tertiary/aromatic N) is 3. The number of aryl methyl sites for hydroxylation is 2. The van der Waals surface area contributed by atoms with Gasteiger partial charge in [-0.3, -0.25) is 4.98 Å². The average Bonchev–Trinajstić information content (AvgIpc) is 3.49. The first-order chi connectivity index (χ1) is 20.3. The van der Waals surface area contributed by atoms with Crippen LogP contribution in [0.3, 0.4) is 0 Å². The monoisotopic (exact) mass is 574 g/mol. The largest absolute Gasteiger partial charge is 0.478 e. The van der Waals surface area contributed by atoms with E-state index in [2.05, 4.69) is 32.8 Å². The predicted molar refractivity (Wildman–Crippen MR) is 168 cm³/mol. The maximum Gasteiger partial charge on any atom is 0.335 e. The Bertz CT molecular complexity index is 1780. The molecule has 1 aliphatic heterocycles. The second-order valence-corrected chi connectivity index (χ2v) is 10.8. The fourth-order valence-electron chi connectivity index (χ4n) is 5.68. The highest BCUT2D eigenvalue weighted by atomic mass is 32.1. The van der Waals surface area contributed by atoms with E-state index >= 15 is 0 Å². The minimum Gasteiger partial charge on any atom is -0.478 e. The lowest BCUT2D eigenvalue weighted by atomic mass is 9.96. The molecule has 42 heavy (non-hydrogen) atoms. The SMILES string of the molecule is Cc1ccccc1Oc1ccc(N2C(=S)NC(c3ccccn3)C2c2cc(C)n(-c3cccc(C(=O)O)c3)c2C)cc1. The molecule has 5 aromatic rings. The fourth-order valence-corrected chi connectivity index (χ4v) is 6.03. The van der Waals surface area contributed by atoms with Crippen molar-refractivity contribution in [1.82, 2.24) is 14.9 Å². The van der Waals surface area contributed by atoms with Gasteiger partial charge in [0, 0.05) is 29.0 Å². The van der Waals surface area contributed by atoms with Crippen molar-refractivity contribution in [1.29, 1.82) is 0 Å². The van der Waals surface area contributed by atoms with Gasteiger partial charge in [-0.1, -0.05) is 30.3 Å². The molecular weight excluding hydrogens is 544 g/mol. The minimum absolute atomic E-state index is 0.208. The quantitative estimate of drug-likeness (QED) is 0.195. The number of hydrogen-bond acceptors (Lipinski definition) is 4. The van der Waals surface area contributed by atoms with Crippen molar-refractivity contribution in [3.63, 3.8) is 0 Å². The summed E-state index contributed by atoms with van der Waals surface area (Å²) < 4.78 is 8.24. The Hall–Kier alpha value is -4.95. The second-order valence-electron chi connectivity index (χ2n) is 10.4.